The highest BCUT2D eigenvalue weighted by atomic mass is 16.5. The van der Waals surface area contributed by atoms with Gasteiger partial charge < -0.3 is 15.4 Å². The summed E-state index contributed by atoms with van der Waals surface area (Å²) < 4.78 is 4.48. The summed E-state index contributed by atoms with van der Waals surface area (Å²) >= 11 is 0. The lowest BCUT2D eigenvalue weighted by Crippen LogP contribution is -2.34. The van der Waals surface area contributed by atoms with Gasteiger partial charge in [-0.05, 0) is 32.2 Å². The second-order valence-corrected chi connectivity index (χ2v) is 3.71. The molecule has 82 valence electrons. The molecule has 1 aliphatic heterocycles. The van der Waals surface area contributed by atoms with E-state index in [1.54, 1.807) is 0 Å². The smallest absolute Gasteiger partial charge is 0.406 e. The van der Waals surface area contributed by atoms with E-state index in [2.05, 4.69) is 15.4 Å². The topological polar surface area (TPSA) is 50.4 Å². The van der Waals surface area contributed by atoms with Crippen molar-refractivity contribution in [3.63, 3.8) is 0 Å². The van der Waals surface area contributed by atoms with Gasteiger partial charge in [-0.25, -0.2) is 4.79 Å². The molecule has 0 aromatic rings. The van der Waals surface area contributed by atoms with Gasteiger partial charge in [-0.3, -0.25) is 0 Å². The Kier molecular flexibility index (Phi) is 5.37. The van der Waals surface area contributed by atoms with Crippen LogP contribution in [0.1, 0.15) is 32.1 Å². The van der Waals surface area contributed by atoms with Crippen LogP contribution in [0.25, 0.3) is 0 Å². The average molecular weight is 200 g/mol. The molecule has 0 aliphatic carbocycles. The van der Waals surface area contributed by atoms with Crippen LogP contribution in [0.4, 0.5) is 4.79 Å². The monoisotopic (exact) mass is 200 g/mol. The molecule has 1 atom stereocenters. The molecular formula is C10H20N2O2. The third-order valence-corrected chi connectivity index (χ3v) is 2.60. The third kappa shape index (κ3) is 4.46. The van der Waals surface area contributed by atoms with Crippen LogP contribution in [-0.2, 0) is 4.74 Å². The number of piperidine rings is 1. The predicted octanol–water partition coefficient (Wildman–Crippen LogP) is 1.26. The summed E-state index contributed by atoms with van der Waals surface area (Å²) in [4.78, 5) is 10.7. The summed E-state index contributed by atoms with van der Waals surface area (Å²) in [6.45, 7) is 1.86. The molecule has 1 rings (SSSR count). The highest BCUT2D eigenvalue weighted by Crippen LogP contribution is 2.10. The molecule has 14 heavy (non-hydrogen) atoms. The van der Waals surface area contributed by atoms with Gasteiger partial charge in [0, 0.05) is 12.6 Å². The Hall–Kier alpha value is -0.770. The average Bonchev–Trinajstić information content (AvgIpc) is 2.25. The fourth-order valence-electron chi connectivity index (χ4n) is 1.78. The molecule has 1 heterocycles. The van der Waals surface area contributed by atoms with Crippen LogP contribution in [0.15, 0.2) is 0 Å². The van der Waals surface area contributed by atoms with Gasteiger partial charge in [-0.2, -0.15) is 0 Å². The maximum atomic E-state index is 10.7. The minimum atomic E-state index is -0.332. The number of ether oxygens (including phenoxy) is 1. The summed E-state index contributed by atoms with van der Waals surface area (Å²) in [6.07, 6.45) is 5.75. The molecule has 1 unspecified atom stereocenters. The van der Waals surface area contributed by atoms with E-state index in [4.69, 9.17) is 0 Å². The van der Waals surface area contributed by atoms with E-state index in [1.165, 1.54) is 26.4 Å². The van der Waals surface area contributed by atoms with Gasteiger partial charge in [-0.15, -0.1) is 0 Å². The number of amides is 1. The first-order valence-electron chi connectivity index (χ1n) is 5.38. The minimum absolute atomic E-state index is 0.332. The van der Waals surface area contributed by atoms with Crippen molar-refractivity contribution in [1.82, 2.24) is 10.6 Å². The first-order valence-corrected chi connectivity index (χ1v) is 5.38. The van der Waals surface area contributed by atoms with Gasteiger partial charge in [0.05, 0.1) is 7.11 Å². The van der Waals surface area contributed by atoms with Crippen molar-refractivity contribution in [2.45, 2.75) is 38.1 Å². The summed E-state index contributed by atoms with van der Waals surface area (Å²) in [7, 11) is 1.39. The van der Waals surface area contributed by atoms with Crippen molar-refractivity contribution in [1.29, 1.82) is 0 Å². The van der Waals surface area contributed by atoms with Crippen molar-refractivity contribution in [3.05, 3.63) is 0 Å². The van der Waals surface area contributed by atoms with Crippen LogP contribution in [0.5, 0.6) is 0 Å². The molecule has 1 amide bonds. The van der Waals surface area contributed by atoms with Crippen molar-refractivity contribution in [3.8, 4) is 0 Å². The Morgan fingerprint density at radius 2 is 2.43 bits per heavy atom. The number of carbonyl (C=O) groups is 1. The summed E-state index contributed by atoms with van der Waals surface area (Å²) in [5, 5.41) is 6.16. The Labute approximate surface area is 85.4 Å². The van der Waals surface area contributed by atoms with Crippen LogP contribution in [-0.4, -0.2) is 32.3 Å². The highest BCUT2D eigenvalue weighted by molar-refractivity contribution is 5.66. The van der Waals surface area contributed by atoms with Gasteiger partial charge >= 0.3 is 6.09 Å². The van der Waals surface area contributed by atoms with Gasteiger partial charge in [0.1, 0.15) is 0 Å². The van der Waals surface area contributed by atoms with E-state index in [0.29, 0.717) is 12.6 Å². The van der Waals surface area contributed by atoms with E-state index in [9.17, 15) is 4.79 Å². The van der Waals surface area contributed by atoms with Gasteiger partial charge in [0.25, 0.3) is 0 Å². The van der Waals surface area contributed by atoms with E-state index in [-0.39, 0.29) is 6.09 Å². The molecule has 4 nitrogen and oxygen atoms in total. The van der Waals surface area contributed by atoms with E-state index in [1.807, 2.05) is 0 Å². The molecule has 0 radical (unpaired) electrons. The standard InChI is InChI=1S/C10H20N2O2/c1-14-10(13)12-8-4-6-9-5-2-3-7-11-9/h9,11H,2-8H2,1H3,(H,12,13). The van der Waals surface area contributed by atoms with Gasteiger partial charge in [0.15, 0.2) is 0 Å². The second kappa shape index (κ2) is 6.65. The van der Waals surface area contributed by atoms with Gasteiger partial charge in [0.2, 0.25) is 0 Å². The van der Waals surface area contributed by atoms with Crippen LogP contribution < -0.4 is 10.6 Å². The van der Waals surface area contributed by atoms with Crippen LogP contribution in [0.3, 0.4) is 0 Å². The lowest BCUT2D eigenvalue weighted by molar-refractivity contribution is 0.170. The first-order chi connectivity index (χ1) is 6.83. The Morgan fingerprint density at radius 1 is 1.57 bits per heavy atom. The number of alkyl carbamates (subject to hydrolysis) is 1. The largest absolute Gasteiger partial charge is 0.453 e. The Bertz CT molecular complexity index is 168. The van der Waals surface area contributed by atoms with Crippen molar-refractivity contribution in [2.75, 3.05) is 20.2 Å². The molecule has 0 spiro atoms. The minimum Gasteiger partial charge on any atom is -0.453 e. The molecule has 1 saturated heterocycles. The summed E-state index contributed by atoms with van der Waals surface area (Å²) in [5.41, 5.74) is 0. The molecule has 0 aromatic carbocycles. The quantitative estimate of drug-likeness (QED) is 0.672. The molecule has 0 saturated carbocycles. The highest BCUT2D eigenvalue weighted by Gasteiger charge is 2.11. The van der Waals surface area contributed by atoms with Gasteiger partial charge in [-0.1, -0.05) is 6.42 Å². The second-order valence-electron chi connectivity index (χ2n) is 3.71. The number of hydrogen-bond donors (Lipinski definition) is 2. The number of rotatable bonds is 4. The van der Waals surface area contributed by atoms with Crippen LogP contribution in [0, 0.1) is 0 Å². The van der Waals surface area contributed by atoms with Crippen molar-refractivity contribution >= 4 is 6.09 Å². The maximum absolute atomic E-state index is 10.7. The number of methoxy groups -OCH3 is 1. The van der Waals surface area contributed by atoms with Crippen LogP contribution >= 0.6 is 0 Å². The molecule has 1 fully saturated rings. The Balaban J connectivity index is 1.94. The van der Waals surface area contributed by atoms with E-state index < -0.39 is 0 Å². The zero-order valence-electron chi connectivity index (χ0n) is 8.84. The zero-order chi connectivity index (χ0) is 10.2. The predicted molar refractivity (Wildman–Crippen MR) is 55.3 cm³/mol. The molecule has 0 aromatic heterocycles. The Morgan fingerprint density at radius 3 is 3.07 bits per heavy atom. The molecule has 0 bridgehead atoms. The first kappa shape index (κ1) is 11.3. The number of nitrogens with one attached hydrogen (secondary N) is 2. The van der Waals surface area contributed by atoms with Crippen molar-refractivity contribution in [2.24, 2.45) is 0 Å². The van der Waals surface area contributed by atoms with E-state index in [0.717, 1.165) is 19.4 Å². The normalized spacial score (nSPS) is 21.6. The molecule has 1 aliphatic rings. The lowest BCUT2D eigenvalue weighted by Gasteiger charge is -2.23. The SMILES string of the molecule is COC(=O)NCCCC1CCCCN1. The maximum Gasteiger partial charge on any atom is 0.406 e. The fourth-order valence-corrected chi connectivity index (χ4v) is 1.78. The van der Waals surface area contributed by atoms with E-state index >= 15 is 0 Å². The summed E-state index contributed by atoms with van der Waals surface area (Å²) in [5.74, 6) is 0. The summed E-state index contributed by atoms with van der Waals surface area (Å²) in [6, 6.07) is 0.656. The number of hydrogen-bond acceptors (Lipinski definition) is 3. The fraction of sp³-hybridized carbons (Fsp3) is 0.900. The molecule has 2 N–H and O–H groups in total. The molecule has 4 heteroatoms. The number of carbonyl (C=O) groups excluding carboxylic acids is 1. The van der Waals surface area contributed by atoms with Crippen molar-refractivity contribution < 1.29 is 9.53 Å². The zero-order valence-corrected chi connectivity index (χ0v) is 8.84. The molecular weight excluding hydrogens is 180 g/mol. The van der Waals surface area contributed by atoms with Crippen LogP contribution in [0.2, 0.25) is 0 Å². The third-order valence-electron chi connectivity index (χ3n) is 2.60. The lowest BCUT2D eigenvalue weighted by atomic mass is 10.0.